The molecule has 138 valence electrons. The van der Waals surface area contributed by atoms with Gasteiger partial charge in [-0.1, -0.05) is 33.8 Å². The molecule has 0 aliphatic heterocycles. The SMILES string of the molecule is CC1(C)C(O)CC[C@]2(C)C1CCC1=C[C@@](C)(C(O)CO)CC[C@]12O. The van der Waals surface area contributed by atoms with Gasteiger partial charge in [-0.2, -0.15) is 0 Å². The zero-order valence-corrected chi connectivity index (χ0v) is 15.5. The molecule has 0 aromatic heterocycles. The molecule has 0 amide bonds. The second kappa shape index (κ2) is 5.54. The topological polar surface area (TPSA) is 80.9 Å². The van der Waals surface area contributed by atoms with Gasteiger partial charge in [0, 0.05) is 10.8 Å². The average Bonchev–Trinajstić information content (AvgIpc) is 2.52. The van der Waals surface area contributed by atoms with Crippen LogP contribution in [0.4, 0.5) is 0 Å². The van der Waals surface area contributed by atoms with Gasteiger partial charge >= 0.3 is 0 Å². The van der Waals surface area contributed by atoms with Crippen molar-refractivity contribution in [3.8, 4) is 0 Å². The van der Waals surface area contributed by atoms with E-state index in [0.29, 0.717) is 12.8 Å². The second-order valence-corrected chi connectivity index (χ2v) is 9.62. The third kappa shape index (κ3) is 2.26. The van der Waals surface area contributed by atoms with Gasteiger partial charge in [0.1, 0.15) is 0 Å². The van der Waals surface area contributed by atoms with E-state index in [0.717, 1.165) is 31.3 Å². The van der Waals surface area contributed by atoms with E-state index >= 15 is 0 Å². The highest BCUT2D eigenvalue weighted by Crippen LogP contribution is 2.65. The molecule has 6 atom stereocenters. The second-order valence-electron chi connectivity index (χ2n) is 9.62. The number of rotatable bonds is 2. The minimum Gasteiger partial charge on any atom is -0.394 e. The largest absolute Gasteiger partial charge is 0.394 e. The Balaban J connectivity index is 2.02. The van der Waals surface area contributed by atoms with Crippen LogP contribution in [0.2, 0.25) is 0 Å². The summed E-state index contributed by atoms with van der Waals surface area (Å²) in [5.74, 6) is 0.281. The smallest absolute Gasteiger partial charge is 0.0913 e. The zero-order valence-electron chi connectivity index (χ0n) is 15.5. The van der Waals surface area contributed by atoms with E-state index < -0.39 is 17.1 Å². The predicted molar refractivity (Wildman–Crippen MR) is 93.3 cm³/mol. The molecule has 2 fully saturated rings. The third-order valence-electron chi connectivity index (χ3n) is 8.11. The fourth-order valence-electron chi connectivity index (χ4n) is 6.12. The molecular weight excluding hydrogens is 304 g/mol. The number of fused-ring (bicyclic) bond motifs is 3. The van der Waals surface area contributed by atoms with Crippen molar-refractivity contribution in [1.82, 2.24) is 0 Å². The molecule has 3 unspecified atom stereocenters. The third-order valence-corrected chi connectivity index (χ3v) is 8.11. The summed E-state index contributed by atoms with van der Waals surface area (Å²) in [5.41, 5.74) is -0.731. The summed E-state index contributed by atoms with van der Waals surface area (Å²) < 4.78 is 0. The molecule has 4 heteroatoms. The van der Waals surface area contributed by atoms with Gasteiger partial charge in [0.05, 0.1) is 24.4 Å². The van der Waals surface area contributed by atoms with Crippen LogP contribution in [0.5, 0.6) is 0 Å². The van der Waals surface area contributed by atoms with Crippen molar-refractivity contribution in [3.63, 3.8) is 0 Å². The molecule has 0 aromatic carbocycles. The fraction of sp³-hybridized carbons (Fsp3) is 0.900. The van der Waals surface area contributed by atoms with E-state index in [1.807, 2.05) is 6.92 Å². The van der Waals surface area contributed by atoms with Crippen LogP contribution >= 0.6 is 0 Å². The summed E-state index contributed by atoms with van der Waals surface area (Å²) in [5, 5.41) is 41.9. The molecule has 0 spiro atoms. The number of hydrogen-bond acceptors (Lipinski definition) is 4. The van der Waals surface area contributed by atoms with Gasteiger partial charge in [-0.25, -0.2) is 0 Å². The molecule has 3 aliphatic carbocycles. The first-order chi connectivity index (χ1) is 11.0. The van der Waals surface area contributed by atoms with Crippen LogP contribution in [0.15, 0.2) is 11.6 Å². The average molecular weight is 338 g/mol. The first kappa shape index (κ1) is 18.4. The quantitative estimate of drug-likeness (QED) is 0.583. The van der Waals surface area contributed by atoms with E-state index in [9.17, 15) is 20.4 Å². The van der Waals surface area contributed by atoms with Crippen LogP contribution in [-0.4, -0.2) is 44.8 Å². The van der Waals surface area contributed by atoms with Crippen LogP contribution in [0.3, 0.4) is 0 Å². The molecule has 24 heavy (non-hydrogen) atoms. The molecule has 0 saturated heterocycles. The van der Waals surface area contributed by atoms with E-state index in [-0.39, 0.29) is 29.5 Å². The normalized spacial score (nSPS) is 48.9. The molecule has 4 N–H and O–H groups in total. The lowest BCUT2D eigenvalue weighted by atomic mass is 9.43. The molecule has 0 bridgehead atoms. The van der Waals surface area contributed by atoms with Crippen molar-refractivity contribution in [2.75, 3.05) is 6.61 Å². The van der Waals surface area contributed by atoms with Crippen LogP contribution in [0.1, 0.15) is 66.2 Å². The van der Waals surface area contributed by atoms with E-state index in [2.05, 4.69) is 26.8 Å². The molecule has 0 heterocycles. The minimum atomic E-state index is -0.859. The van der Waals surface area contributed by atoms with Gasteiger partial charge in [-0.15, -0.1) is 0 Å². The van der Waals surface area contributed by atoms with Crippen molar-refractivity contribution in [2.24, 2.45) is 22.2 Å². The minimum absolute atomic E-state index is 0.195. The maximum atomic E-state index is 11.8. The molecule has 4 nitrogen and oxygen atoms in total. The summed E-state index contributed by atoms with van der Waals surface area (Å²) in [6.07, 6.45) is 5.56. The maximum absolute atomic E-state index is 11.8. The lowest BCUT2D eigenvalue weighted by Crippen LogP contribution is -2.64. The standard InChI is InChI=1S/C20H34O4/c1-17(2)14-6-5-13-11-18(3,16(23)12-21)9-10-20(13,24)19(14,4)8-7-15(17)22/h11,14-16,21-24H,5-10,12H2,1-4H3/t14?,15?,16?,18-,19+,20-/m0/s1. The van der Waals surface area contributed by atoms with Gasteiger partial charge in [0.15, 0.2) is 0 Å². The summed E-state index contributed by atoms with van der Waals surface area (Å²) in [6, 6.07) is 0. The van der Waals surface area contributed by atoms with E-state index in [4.69, 9.17) is 0 Å². The summed E-state index contributed by atoms with van der Waals surface area (Å²) >= 11 is 0. The first-order valence-electron chi connectivity index (χ1n) is 9.43. The first-order valence-corrected chi connectivity index (χ1v) is 9.43. The zero-order chi connectivity index (χ0) is 18.0. The van der Waals surface area contributed by atoms with Crippen LogP contribution < -0.4 is 0 Å². The van der Waals surface area contributed by atoms with Crippen molar-refractivity contribution in [2.45, 2.75) is 84.0 Å². The maximum Gasteiger partial charge on any atom is 0.0913 e. The Morgan fingerprint density at radius 1 is 1.12 bits per heavy atom. The van der Waals surface area contributed by atoms with Crippen LogP contribution in [0.25, 0.3) is 0 Å². The molecular formula is C20H34O4. The highest BCUT2D eigenvalue weighted by Gasteiger charge is 2.63. The van der Waals surface area contributed by atoms with Crippen molar-refractivity contribution in [3.05, 3.63) is 11.6 Å². The number of aliphatic hydroxyl groups is 4. The summed E-state index contributed by atoms with van der Waals surface area (Å²) in [7, 11) is 0. The molecule has 0 radical (unpaired) electrons. The molecule has 0 aromatic rings. The highest BCUT2D eigenvalue weighted by molar-refractivity contribution is 5.33. The van der Waals surface area contributed by atoms with Crippen molar-refractivity contribution < 1.29 is 20.4 Å². The monoisotopic (exact) mass is 338 g/mol. The highest BCUT2D eigenvalue weighted by atomic mass is 16.3. The van der Waals surface area contributed by atoms with Gasteiger partial charge < -0.3 is 20.4 Å². The van der Waals surface area contributed by atoms with Crippen molar-refractivity contribution >= 4 is 0 Å². The Bertz CT molecular complexity index is 542. The van der Waals surface area contributed by atoms with Crippen LogP contribution in [0, 0.1) is 22.2 Å². The molecule has 3 rings (SSSR count). The Morgan fingerprint density at radius 3 is 2.42 bits per heavy atom. The Morgan fingerprint density at radius 2 is 1.79 bits per heavy atom. The molecule has 3 aliphatic rings. The summed E-state index contributed by atoms with van der Waals surface area (Å²) in [6.45, 7) is 8.20. The van der Waals surface area contributed by atoms with Gasteiger partial charge in [-0.05, 0) is 55.4 Å². The van der Waals surface area contributed by atoms with Crippen LogP contribution in [-0.2, 0) is 0 Å². The predicted octanol–water partition coefficient (Wildman–Crippen LogP) is 2.39. The Labute approximate surface area is 145 Å². The molecule has 2 saturated carbocycles. The Kier molecular flexibility index (Phi) is 4.24. The lowest BCUT2D eigenvalue weighted by molar-refractivity contribution is -0.195. The summed E-state index contributed by atoms with van der Waals surface area (Å²) in [4.78, 5) is 0. The van der Waals surface area contributed by atoms with Gasteiger partial charge in [0.2, 0.25) is 0 Å². The number of hydrogen-bond donors (Lipinski definition) is 4. The fourth-order valence-corrected chi connectivity index (χ4v) is 6.12. The Hall–Kier alpha value is -0.420. The number of aliphatic hydroxyl groups excluding tert-OH is 3. The van der Waals surface area contributed by atoms with E-state index in [1.54, 1.807) is 0 Å². The lowest BCUT2D eigenvalue weighted by Gasteiger charge is -2.64. The van der Waals surface area contributed by atoms with Crippen molar-refractivity contribution in [1.29, 1.82) is 0 Å². The van der Waals surface area contributed by atoms with Gasteiger partial charge in [-0.3, -0.25) is 0 Å². The van der Waals surface area contributed by atoms with Gasteiger partial charge in [0.25, 0.3) is 0 Å². The van der Waals surface area contributed by atoms with E-state index in [1.165, 1.54) is 0 Å².